The number of hydrogen-bond donors (Lipinski definition) is 1. The highest BCUT2D eigenvalue weighted by atomic mass is 19.4. The number of halogens is 4. The molecule has 6 heteroatoms. The number of hydrogen-bond acceptors (Lipinski definition) is 2. The number of rotatable bonds is 2. The SMILES string of the molecule is Fc1cc(CN2CC3CCCNC3C2)cc(C(F)(F)F)c1. The van der Waals surface area contributed by atoms with Gasteiger partial charge in [-0.3, -0.25) is 4.90 Å². The van der Waals surface area contributed by atoms with Crippen LogP contribution in [0.5, 0.6) is 0 Å². The van der Waals surface area contributed by atoms with Gasteiger partial charge in [-0.05, 0) is 49.1 Å². The highest BCUT2D eigenvalue weighted by Crippen LogP contribution is 2.31. The Kier molecular flexibility index (Phi) is 3.92. The van der Waals surface area contributed by atoms with E-state index in [0.29, 0.717) is 30.1 Å². The van der Waals surface area contributed by atoms with Crippen molar-refractivity contribution in [1.29, 1.82) is 0 Å². The van der Waals surface area contributed by atoms with Crippen LogP contribution in [0.4, 0.5) is 17.6 Å². The van der Waals surface area contributed by atoms with Gasteiger partial charge in [-0.2, -0.15) is 13.2 Å². The maximum absolute atomic E-state index is 13.4. The Morgan fingerprint density at radius 3 is 2.71 bits per heavy atom. The van der Waals surface area contributed by atoms with Crippen LogP contribution in [0.25, 0.3) is 0 Å². The second-order valence-corrected chi connectivity index (χ2v) is 6.00. The number of nitrogens with one attached hydrogen (secondary N) is 1. The third kappa shape index (κ3) is 3.37. The van der Waals surface area contributed by atoms with Crippen LogP contribution < -0.4 is 5.32 Å². The van der Waals surface area contributed by atoms with Crippen LogP contribution in [0, 0.1) is 11.7 Å². The lowest BCUT2D eigenvalue weighted by molar-refractivity contribution is -0.137. The monoisotopic (exact) mass is 302 g/mol. The minimum absolute atomic E-state index is 0.371. The molecule has 2 unspecified atom stereocenters. The van der Waals surface area contributed by atoms with Crippen LogP contribution in [-0.2, 0) is 12.7 Å². The lowest BCUT2D eigenvalue weighted by atomic mass is 9.94. The molecule has 0 aliphatic carbocycles. The fourth-order valence-electron chi connectivity index (χ4n) is 3.43. The summed E-state index contributed by atoms with van der Waals surface area (Å²) in [5.41, 5.74) is -0.520. The lowest BCUT2D eigenvalue weighted by Crippen LogP contribution is -2.40. The summed E-state index contributed by atoms with van der Waals surface area (Å²) in [4.78, 5) is 2.11. The van der Waals surface area contributed by atoms with E-state index < -0.39 is 17.6 Å². The van der Waals surface area contributed by atoms with Crippen LogP contribution >= 0.6 is 0 Å². The predicted octanol–water partition coefficient (Wildman–Crippen LogP) is 3.03. The third-order valence-corrected chi connectivity index (χ3v) is 4.37. The number of piperidine rings is 1. The molecule has 3 rings (SSSR count). The van der Waals surface area contributed by atoms with Gasteiger partial charge in [-0.1, -0.05) is 0 Å². The van der Waals surface area contributed by atoms with Gasteiger partial charge in [0.25, 0.3) is 0 Å². The van der Waals surface area contributed by atoms with Crippen molar-refractivity contribution in [3.05, 3.63) is 35.1 Å². The number of nitrogens with zero attached hydrogens (tertiary/aromatic N) is 1. The summed E-state index contributed by atoms with van der Waals surface area (Å²) in [5, 5.41) is 3.45. The van der Waals surface area contributed by atoms with Crippen molar-refractivity contribution in [3.8, 4) is 0 Å². The molecule has 2 heterocycles. The van der Waals surface area contributed by atoms with Crippen molar-refractivity contribution >= 4 is 0 Å². The minimum atomic E-state index is -4.50. The first kappa shape index (κ1) is 14.8. The summed E-state index contributed by atoms with van der Waals surface area (Å²) in [6, 6.07) is 3.23. The Morgan fingerprint density at radius 1 is 1.19 bits per heavy atom. The van der Waals surface area contributed by atoms with Crippen LogP contribution in [0.15, 0.2) is 18.2 Å². The molecule has 2 aliphatic rings. The fourth-order valence-corrected chi connectivity index (χ4v) is 3.43. The molecule has 2 atom stereocenters. The van der Waals surface area contributed by atoms with E-state index in [-0.39, 0.29) is 0 Å². The van der Waals surface area contributed by atoms with Crippen LogP contribution in [0.1, 0.15) is 24.0 Å². The van der Waals surface area contributed by atoms with Crippen molar-refractivity contribution < 1.29 is 17.6 Å². The second kappa shape index (κ2) is 5.57. The first-order valence-corrected chi connectivity index (χ1v) is 7.24. The molecule has 2 fully saturated rings. The Balaban J connectivity index is 1.72. The van der Waals surface area contributed by atoms with Gasteiger partial charge in [-0.15, -0.1) is 0 Å². The van der Waals surface area contributed by atoms with Crippen molar-refractivity contribution in [2.24, 2.45) is 5.92 Å². The van der Waals surface area contributed by atoms with E-state index in [4.69, 9.17) is 0 Å². The molecular formula is C15H18F4N2. The van der Waals surface area contributed by atoms with Crippen LogP contribution in [0.3, 0.4) is 0 Å². The molecular weight excluding hydrogens is 284 g/mol. The molecule has 0 bridgehead atoms. The van der Waals surface area contributed by atoms with Gasteiger partial charge in [0.2, 0.25) is 0 Å². The zero-order valence-corrected chi connectivity index (χ0v) is 11.6. The van der Waals surface area contributed by atoms with E-state index in [9.17, 15) is 17.6 Å². The van der Waals surface area contributed by atoms with Gasteiger partial charge in [0.05, 0.1) is 5.56 Å². The molecule has 0 amide bonds. The maximum Gasteiger partial charge on any atom is 0.416 e. The molecule has 2 nitrogen and oxygen atoms in total. The van der Waals surface area contributed by atoms with E-state index in [0.717, 1.165) is 38.5 Å². The Bertz CT molecular complexity index is 501. The van der Waals surface area contributed by atoms with E-state index >= 15 is 0 Å². The quantitative estimate of drug-likeness (QED) is 0.845. The Morgan fingerprint density at radius 2 is 2.00 bits per heavy atom. The first-order chi connectivity index (χ1) is 9.91. The van der Waals surface area contributed by atoms with E-state index in [1.165, 1.54) is 6.07 Å². The summed E-state index contributed by atoms with van der Waals surface area (Å²) >= 11 is 0. The van der Waals surface area contributed by atoms with Crippen molar-refractivity contribution in [2.45, 2.75) is 31.6 Å². The largest absolute Gasteiger partial charge is 0.416 e. The number of alkyl halides is 3. The van der Waals surface area contributed by atoms with Crippen LogP contribution in [-0.4, -0.2) is 30.6 Å². The lowest BCUT2D eigenvalue weighted by Gasteiger charge is -2.24. The molecule has 1 aromatic rings. The third-order valence-electron chi connectivity index (χ3n) is 4.37. The Hall–Kier alpha value is -1.14. The number of benzene rings is 1. The van der Waals surface area contributed by atoms with Gasteiger partial charge in [0, 0.05) is 25.7 Å². The molecule has 1 aromatic carbocycles. The van der Waals surface area contributed by atoms with E-state index in [1.807, 2.05) is 0 Å². The van der Waals surface area contributed by atoms with Crippen molar-refractivity contribution in [1.82, 2.24) is 10.2 Å². The molecule has 21 heavy (non-hydrogen) atoms. The van der Waals surface area contributed by atoms with Crippen molar-refractivity contribution in [2.75, 3.05) is 19.6 Å². The van der Waals surface area contributed by atoms with Gasteiger partial charge in [0.15, 0.2) is 0 Å². The summed E-state index contributed by atoms with van der Waals surface area (Å²) in [7, 11) is 0. The minimum Gasteiger partial charge on any atom is -0.312 e. The highest BCUT2D eigenvalue weighted by Gasteiger charge is 2.35. The zero-order valence-electron chi connectivity index (χ0n) is 11.6. The first-order valence-electron chi connectivity index (χ1n) is 7.24. The molecule has 1 N–H and O–H groups in total. The topological polar surface area (TPSA) is 15.3 Å². The highest BCUT2D eigenvalue weighted by molar-refractivity contribution is 5.27. The Labute approximate surface area is 121 Å². The summed E-state index contributed by atoms with van der Waals surface area (Å²) in [6.07, 6.45) is -2.20. The van der Waals surface area contributed by atoms with Crippen LogP contribution in [0.2, 0.25) is 0 Å². The summed E-state index contributed by atoms with van der Waals surface area (Å²) in [6.45, 7) is 3.07. The molecule has 2 aliphatic heterocycles. The molecule has 116 valence electrons. The number of likely N-dealkylation sites (tertiary alicyclic amines) is 1. The maximum atomic E-state index is 13.4. The van der Waals surface area contributed by atoms with Crippen molar-refractivity contribution in [3.63, 3.8) is 0 Å². The molecule has 0 aromatic heterocycles. The average Bonchev–Trinajstić information content (AvgIpc) is 2.79. The van der Waals surface area contributed by atoms with Gasteiger partial charge in [-0.25, -0.2) is 4.39 Å². The number of fused-ring (bicyclic) bond motifs is 1. The fraction of sp³-hybridized carbons (Fsp3) is 0.600. The standard InChI is InChI=1S/C15H18F4N2/c16-13-5-10(4-12(6-13)15(17,18)19)7-21-8-11-2-1-3-20-14(11)9-21/h4-6,11,14,20H,1-3,7-9H2. The molecule has 0 spiro atoms. The van der Waals surface area contributed by atoms with Gasteiger partial charge >= 0.3 is 6.18 Å². The average molecular weight is 302 g/mol. The summed E-state index contributed by atoms with van der Waals surface area (Å²) in [5.74, 6) is -0.260. The summed E-state index contributed by atoms with van der Waals surface area (Å²) < 4.78 is 51.5. The molecule has 2 saturated heterocycles. The van der Waals surface area contributed by atoms with Gasteiger partial charge in [0.1, 0.15) is 5.82 Å². The van der Waals surface area contributed by atoms with Gasteiger partial charge < -0.3 is 5.32 Å². The van der Waals surface area contributed by atoms with E-state index in [1.54, 1.807) is 0 Å². The zero-order chi connectivity index (χ0) is 15.0. The molecule has 0 radical (unpaired) electrons. The predicted molar refractivity (Wildman–Crippen MR) is 71.2 cm³/mol. The smallest absolute Gasteiger partial charge is 0.312 e. The molecule has 0 saturated carbocycles. The van der Waals surface area contributed by atoms with E-state index in [2.05, 4.69) is 10.2 Å². The normalized spacial score (nSPS) is 26.9. The second-order valence-electron chi connectivity index (χ2n) is 6.00.